The van der Waals surface area contributed by atoms with Crippen molar-refractivity contribution in [3.8, 4) is 0 Å². The highest BCUT2D eigenvalue weighted by molar-refractivity contribution is 8.01. The summed E-state index contributed by atoms with van der Waals surface area (Å²) < 4.78 is 7.62. The maximum Gasteiger partial charge on any atom is 0.226 e. The molecule has 2 fully saturated rings. The van der Waals surface area contributed by atoms with E-state index in [4.69, 9.17) is 1.37 Å². The number of hydrogen-bond donors (Lipinski definition) is 0. The van der Waals surface area contributed by atoms with Crippen LogP contribution in [0.5, 0.6) is 0 Å². The first-order valence-electron chi connectivity index (χ1n) is 4.45. The van der Waals surface area contributed by atoms with Gasteiger partial charge in [0.15, 0.2) is 0 Å². The molecule has 0 saturated carbocycles. The second-order valence-electron chi connectivity index (χ2n) is 3.70. The molecule has 2 heterocycles. The first-order chi connectivity index (χ1) is 5.45. The number of fused-ring (bicyclic) bond motifs is 1. The van der Waals surface area contributed by atoms with Crippen LogP contribution in [0.4, 0.5) is 0 Å². The maximum absolute atomic E-state index is 11.3. The lowest BCUT2D eigenvalue weighted by Crippen LogP contribution is -2.52. The molecule has 2 rings (SSSR count). The van der Waals surface area contributed by atoms with Gasteiger partial charge in [-0.2, -0.15) is 0 Å². The van der Waals surface area contributed by atoms with Crippen LogP contribution in [0.2, 0.25) is 0 Å². The van der Waals surface area contributed by atoms with E-state index in [1.54, 1.807) is 11.8 Å². The topological polar surface area (TPSA) is 20.3 Å². The number of carbonyl (C=O) groups is 1. The van der Waals surface area contributed by atoms with Gasteiger partial charge >= 0.3 is 0 Å². The van der Waals surface area contributed by atoms with E-state index >= 15 is 0 Å². The molecular formula is C8H13NOS. The molecule has 0 N–H and O–H groups in total. The summed E-state index contributed by atoms with van der Waals surface area (Å²) in [4.78, 5) is 13.1. The Morgan fingerprint density at radius 1 is 1.82 bits per heavy atom. The van der Waals surface area contributed by atoms with E-state index < -0.39 is 6.40 Å². The average Bonchev–Trinajstić information content (AvgIpc) is 2.21. The standard InChI is InChI=1S/C8H13NOS/c1-5-8(2,3)11-7-4-6(10)9(5)7/h5,7H,4H2,1-3H3/i4D. The highest BCUT2D eigenvalue weighted by atomic mass is 32.2. The van der Waals surface area contributed by atoms with Crippen LogP contribution in [0.15, 0.2) is 0 Å². The zero-order chi connectivity index (χ0) is 9.09. The molecule has 3 heteroatoms. The molecular weight excluding hydrogens is 158 g/mol. The van der Waals surface area contributed by atoms with Crippen LogP contribution in [0.3, 0.4) is 0 Å². The normalized spacial score (nSPS) is 48.3. The molecule has 0 aromatic carbocycles. The van der Waals surface area contributed by atoms with Gasteiger partial charge in [0.25, 0.3) is 0 Å². The lowest BCUT2D eigenvalue weighted by atomic mass is 10.0. The quantitative estimate of drug-likeness (QED) is 0.516. The van der Waals surface area contributed by atoms with E-state index in [2.05, 4.69) is 20.8 Å². The van der Waals surface area contributed by atoms with Gasteiger partial charge in [-0.05, 0) is 20.8 Å². The first kappa shape index (κ1) is 6.35. The monoisotopic (exact) mass is 172 g/mol. The second-order valence-corrected chi connectivity index (χ2v) is 5.47. The minimum absolute atomic E-state index is 0.00516. The van der Waals surface area contributed by atoms with Crippen molar-refractivity contribution in [1.82, 2.24) is 4.90 Å². The van der Waals surface area contributed by atoms with Crippen molar-refractivity contribution < 1.29 is 6.17 Å². The SMILES string of the molecule is [2H]C1C(=O)N2C1SC(C)(C)C2C. The van der Waals surface area contributed by atoms with Crippen LogP contribution in [-0.4, -0.2) is 27.0 Å². The molecule has 3 atom stereocenters. The lowest BCUT2D eigenvalue weighted by Gasteiger charge is -2.37. The van der Waals surface area contributed by atoms with Crippen molar-refractivity contribution in [2.75, 3.05) is 0 Å². The van der Waals surface area contributed by atoms with Crippen LogP contribution in [0, 0.1) is 0 Å². The van der Waals surface area contributed by atoms with Crippen molar-refractivity contribution in [2.24, 2.45) is 0 Å². The minimum atomic E-state index is -0.501. The molecule has 2 aliphatic heterocycles. The van der Waals surface area contributed by atoms with E-state index in [-0.39, 0.29) is 22.1 Å². The fraction of sp³-hybridized carbons (Fsp3) is 0.875. The third-order valence-corrected chi connectivity index (χ3v) is 4.21. The van der Waals surface area contributed by atoms with Gasteiger partial charge in [-0.25, -0.2) is 0 Å². The zero-order valence-corrected chi connectivity index (χ0v) is 7.81. The third kappa shape index (κ3) is 0.835. The molecule has 0 bridgehead atoms. The molecule has 62 valence electrons. The minimum Gasteiger partial charge on any atom is -0.326 e. The van der Waals surface area contributed by atoms with Gasteiger partial charge in [0.1, 0.15) is 0 Å². The number of nitrogens with zero attached hydrogens (tertiary/aromatic N) is 1. The van der Waals surface area contributed by atoms with Gasteiger partial charge in [0.2, 0.25) is 5.91 Å². The van der Waals surface area contributed by atoms with Crippen LogP contribution in [0.1, 0.15) is 28.5 Å². The predicted octanol–water partition coefficient (Wildman–Crippen LogP) is 1.46. The Kier molecular flexibility index (Phi) is 1.12. The van der Waals surface area contributed by atoms with Crippen LogP contribution < -0.4 is 0 Å². The predicted molar refractivity (Wildman–Crippen MR) is 46.4 cm³/mol. The Balaban J connectivity index is 2.24. The van der Waals surface area contributed by atoms with Gasteiger partial charge < -0.3 is 4.90 Å². The first-order valence-corrected chi connectivity index (χ1v) is 4.75. The number of hydrogen-bond acceptors (Lipinski definition) is 2. The van der Waals surface area contributed by atoms with Crippen molar-refractivity contribution in [2.45, 2.75) is 43.3 Å². The summed E-state index contributed by atoms with van der Waals surface area (Å²) in [5.41, 5.74) is 0. The zero-order valence-electron chi connectivity index (χ0n) is 8.00. The van der Waals surface area contributed by atoms with Crippen molar-refractivity contribution >= 4 is 17.7 Å². The number of thioether (sulfide) groups is 1. The highest BCUT2D eigenvalue weighted by Crippen LogP contribution is 2.50. The van der Waals surface area contributed by atoms with Crippen molar-refractivity contribution in [3.05, 3.63) is 0 Å². The van der Waals surface area contributed by atoms with E-state index in [9.17, 15) is 4.79 Å². The number of β-lactam (4-membered cyclic amide) rings is 1. The van der Waals surface area contributed by atoms with E-state index in [0.29, 0.717) is 0 Å². The smallest absolute Gasteiger partial charge is 0.226 e. The second kappa shape index (κ2) is 1.94. The molecule has 0 radical (unpaired) electrons. The summed E-state index contributed by atoms with van der Waals surface area (Å²) in [6.07, 6.45) is -0.501. The van der Waals surface area contributed by atoms with Gasteiger partial charge in [-0.15, -0.1) is 11.8 Å². The Morgan fingerprint density at radius 2 is 2.45 bits per heavy atom. The molecule has 0 aromatic rings. The maximum atomic E-state index is 11.3. The summed E-state index contributed by atoms with van der Waals surface area (Å²) in [6.45, 7) is 6.35. The number of amides is 1. The van der Waals surface area contributed by atoms with Gasteiger partial charge in [-0.1, -0.05) is 0 Å². The van der Waals surface area contributed by atoms with Gasteiger partial charge in [0.05, 0.1) is 11.8 Å². The lowest BCUT2D eigenvalue weighted by molar-refractivity contribution is -0.143. The number of rotatable bonds is 0. The largest absolute Gasteiger partial charge is 0.326 e. The molecule has 2 nitrogen and oxygen atoms in total. The molecule has 0 aliphatic carbocycles. The summed E-state index contributed by atoms with van der Waals surface area (Å²) in [5, 5.41) is 0.127. The van der Waals surface area contributed by atoms with Crippen LogP contribution >= 0.6 is 11.8 Å². The third-order valence-electron chi connectivity index (χ3n) is 2.66. The fourth-order valence-corrected chi connectivity index (χ4v) is 3.10. The van der Waals surface area contributed by atoms with Crippen LogP contribution in [-0.2, 0) is 4.79 Å². The summed E-state index contributed by atoms with van der Waals surface area (Å²) in [6, 6.07) is 0.279. The van der Waals surface area contributed by atoms with Gasteiger partial charge in [-0.3, -0.25) is 4.79 Å². The number of carbonyl (C=O) groups excluding carboxylic acids is 1. The molecule has 3 unspecified atom stereocenters. The Hall–Kier alpha value is -0.180. The fourth-order valence-electron chi connectivity index (χ4n) is 1.58. The van der Waals surface area contributed by atoms with E-state index in [1.165, 1.54) is 0 Å². The van der Waals surface area contributed by atoms with E-state index in [1.807, 2.05) is 4.90 Å². The van der Waals surface area contributed by atoms with Crippen molar-refractivity contribution in [1.29, 1.82) is 0 Å². The summed E-state index contributed by atoms with van der Waals surface area (Å²) >= 11 is 1.76. The van der Waals surface area contributed by atoms with Crippen LogP contribution in [0.25, 0.3) is 0 Å². The average molecular weight is 172 g/mol. The summed E-state index contributed by atoms with van der Waals surface area (Å²) in [5.74, 6) is 0.00516. The molecule has 0 spiro atoms. The molecule has 2 aliphatic rings. The Labute approximate surface area is 72.7 Å². The van der Waals surface area contributed by atoms with E-state index in [0.717, 1.165) is 0 Å². The molecule has 1 amide bonds. The highest BCUT2D eigenvalue weighted by Gasteiger charge is 2.53. The van der Waals surface area contributed by atoms with Gasteiger partial charge in [0, 0.05) is 12.2 Å². The summed E-state index contributed by atoms with van der Waals surface area (Å²) in [7, 11) is 0. The Morgan fingerprint density at radius 3 is 3.00 bits per heavy atom. The molecule has 11 heavy (non-hydrogen) atoms. The Bertz CT molecular complexity index is 243. The molecule has 2 saturated heterocycles. The van der Waals surface area contributed by atoms with Crippen molar-refractivity contribution in [3.63, 3.8) is 0 Å². The molecule has 0 aromatic heterocycles.